The van der Waals surface area contributed by atoms with Crippen molar-refractivity contribution in [1.82, 2.24) is 9.80 Å². The van der Waals surface area contributed by atoms with E-state index in [-0.39, 0.29) is 5.91 Å². The van der Waals surface area contributed by atoms with Crippen LogP contribution in [-0.4, -0.2) is 46.7 Å². The maximum absolute atomic E-state index is 13.0. The van der Waals surface area contributed by atoms with Gasteiger partial charge in [-0.25, -0.2) is 0 Å². The van der Waals surface area contributed by atoms with E-state index < -0.39 is 5.54 Å². The van der Waals surface area contributed by atoms with Crippen LogP contribution in [0.1, 0.15) is 32.3 Å². The lowest BCUT2D eigenvalue weighted by Crippen LogP contribution is -2.46. The molecular weight excluding hydrogens is 286 g/mol. The molecule has 3 aliphatic rings. The summed E-state index contributed by atoms with van der Waals surface area (Å²) in [4.78, 5) is 22.3. The van der Waals surface area contributed by atoms with E-state index in [4.69, 9.17) is 4.99 Å². The molecular formula is C19H25N3O. The number of likely N-dealkylation sites (tertiary alicyclic amines) is 1. The summed E-state index contributed by atoms with van der Waals surface area (Å²) in [5.74, 6) is 2.19. The Kier molecular flexibility index (Phi) is 3.52. The van der Waals surface area contributed by atoms with Crippen molar-refractivity contribution in [3.05, 3.63) is 35.9 Å². The topological polar surface area (TPSA) is 35.9 Å². The minimum atomic E-state index is -0.448. The Morgan fingerprint density at radius 3 is 2.74 bits per heavy atom. The van der Waals surface area contributed by atoms with E-state index in [1.807, 2.05) is 18.7 Å². The van der Waals surface area contributed by atoms with Crippen LogP contribution >= 0.6 is 0 Å². The number of rotatable bonds is 3. The molecule has 1 saturated carbocycles. The zero-order chi connectivity index (χ0) is 16.0. The van der Waals surface area contributed by atoms with Crippen molar-refractivity contribution in [2.24, 2.45) is 16.8 Å². The van der Waals surface area contributed by atoms with Crippen LogP contribution in [0.2, 0.25) is 0 Å². The number of aliphatic imine (C=N–C) groups is 1. The minimum Gasteiger partial charge on any atom is -0.299 e. The van der Waals surface area contributed by atoms with Gasteiger partial charge in [0.25, 0.3) is 5.91 Å². The van der Waals surface area contributed by atoms with Gasteiger partial charge in [-0.3, -0.25) is 19.6 Å². The fraction of sp³-hybridized carbons (Fsp3) is 0.579. The highest BCUT2D eigenvalue weighted by molar-refractivity contribution is 6.07. The number of amidine groups is 1. The predicted molar refractivity (Wildman–Crippen MR) is 91.2 cm³/mol. The van der Waals surface area contributed by atoms with Crippen LogP contribution in [0.25, 0.3) is 0 Å². The molecule has 4 heteroatoms. The van der Waals surface area contributed by atoms with Crippen molar-refractivity contribution >= 4 is 11.7 Å². The van der Waals surface area contributed by atoms with Gasteiger partial charge in [-0.2, -0.15) is 0 Å². The second-order valence-corrected chi connectivity index (χ2v) is 7.22. The van der Waals surface area contributed by atoms with E-state index in [0.717, 1.165) is 44.9 Å². The van der Waals surface area contributed by atoms with Crippen molar-refractivity contribution in [1.29, 1.82) is 0 Å². The molecule has 0 bridgehead atoms. The number of hydrogen-bond donors (Lipinski definition) is 0. The molecule has 1 aliphatic carbocycles. The lowest BCUT2D eigenvalue weighted by Gasteiger charge is -2.28. The molecule has 2 heterocycles. The van der Waals surface area contributed by atoms with E-state index in [1.54, 1.807) is 0 Å². The average Bonchev–Trinajstić information content (AvgIpc) is 3.16. The molecule has 0 radical (unpaired) electrons. The van der Waals surface area contributed by atoms with Gasteiger partial charge < -0.3 is 0 Å². The number of nitrogens with zero attached hydrogens (tertiary/aromatic N) is 3. The molecule has 1 spiro atoms. The maximum Gasteiger partial charge on any atom is 0.256 e. The largest absolute Gasteiger partial charge is 0.299 e. The molecule has 122 valence electrons. The monoisotopic (exact) mass is 311 g/mol. The van der Waals surface area contributed by atoms with Gasteiger partial charge >= 0.3 is 0 Å². The van der Waals surface area contributed by atoms with Crippen molar-refractivity contribution in [2.75, 3.05) is 19.6 Å². The van der Waals surface area contributed by atoms with Crippen molar-refractivity contribution in [3.63, 3.8) is 0 Å². The number of amides is 1. The van der Waals surface area contributed by atoms with Crippen LogP contribution in [0, 0.1) is 11.8 Å². The van der Waals surface area contributed by atoms with Crippen LogP contribution < -0.4 is 0 Å². The van der Waals surface area contributed by atoms with E-state index >= 15 is 0 Å². The van der Waals surface area contributed by atoms with Gasteiger partial charge in [-0.1, -0.05) is 30.3 Å². The summed E-state index contributed by atoms with van der Waals surface area (Å²) in [5, 5.41) is 0. The van der Waals surface area contributed by atoms with Gasteiger partial charge in [0.2, 0.25) is 0 Å². The summed E-state index contributed by atoms with van der Waals surface area (Å²) >= 11 is 0. The molecule has 1 amide bonds. The summed E-state index contributed by atoms with van der Waals surface area (Å²) in [5.41, 5.74) is 0.907. The fourth-order valence-corrected chi connectivity index (χ4v) is 4.91. The molecule has 1 aromatic rings. The predicted octanol–water partition coefficient (Wildman–Crippen LogP) is 2.55. The second kappa shape index (κ2) is 5.45. The summed E-state index contributed by atoms with van der Waals surface area (Å²) in [6, 6.07) is 10.6. The lowest BCUT2D eigenvalue weighted by atomic mass is 9.85. The quantitative estimate of drug-likeness (QED) is 0.860. The smallest absolute Gasteiger partial charge is 0.256 e. The number of likely N-dealkylation sites (N-methyl/N-ethyl adjacent to an activating group) is 1. The third-order valence-corrected chi connectivity index (χ3v) is 5.96. The normalized spacial score (nSPS) is 33.6. The van der Waals surface area contributed by atoms with Gasteiger partial charge in [0.05, 0.1) is 0 Å². The summed E-state index contributed by atoms with van der Waals surface area (Å²) in [6.07, 6.45) is 2.07. The Hall–Kier alpha value is -1.68. The van der Waals surface area contributed by atoms with Crippen LogP contribution in [0.5, 0.6) is 0 Å². The fourth-order valence-electron chi connectivity index (χ4n) is 4.91. The molecule has 0 unspecified atom stereocenters. The summed E-state index contributed by atoms with van der Waals surface area (Å²) < 4.78 is 0. The minimum absolute atomic E-state index is 0.256. The molecule has 2 fully saturated rings. The number of fused-ring (bicyclic) bond motifs is 2. The Labute approximate surface area is 138 Å². The average molecular weight is 311 g/mol. The number of carbonyl (C=O) groups excluding carboxylic acids is 1. The van der Waals surface area contributed by atoms with Gasteiger partial charge in [-0.05, 0) is 38.2 Å². The van der Waals surface area contributed by atoms with E-state index in [0.29, 0.717) is 11.8 Å². The standard InChI is InChI=1S/C19H25N3O/c1-3-22-14(2)20-19(18(22)23)10-9-16-12-21(13-17(16)19)11-15-7-5-4-6-8-15/h4-8,16-17H,3,9-13H2,1-2H3/t16-,17+,19-/m1/s1. The first kappa shape index (κ1) is 14.9. The van der Waals surface area contributed by atoms with Crippen LogP contribution in [0.4, 0.5) is 0 Å². The highest BCUT2D eigenvalue weighted by Gasteiger charge is 2.60. The first-order valence-corrected chi connectivity index (χ1v) is 8.79. The Morgan fingerprint density at radius 2 is 2.04 bits per heavy atom. The Morgan fingerprint density at radius 1 is 1.26 bits per heavy atom. The van der Waals surface area contributed by atoms with E-state index in [9.17, 15) is 4.79 Å². The first-order chi connectivity index (χ1) is 11.1. The SMILES string of the molecule is CCN1C(=O)[C@]2(CC[C@@H]3CN(Cc4ccccc4)C[C@@H]32)N=C1C. The third kappa shape index (κ3) is 2.23. The maximum atomic E-state index is 13.0. The zero-order valence-electron chi connectivity index (χ0n) is 14.0. The van der Waals surface area contributed by atoms with Crippen LogP contribution in [0.3, 0.4) is 0 Å². The molecule has 1 aromatic carbocycles. The number of hydrogen-bond acceptors (Lipinski definition) is 3. The molecule has 4 rings (SSSR count). The summed E-state index contributed by atoms with van der Waals surface area (Å²) in [6.45, 7) is 7.85. The van der Waals surface area contributed by atoms with Gasteiger partial charge in [0.1, 0.15) is 11.4 Å². The Balaban J connectivity index is 1.53. The highest BCUT2D eigenvalue weighted by Crippen LogP contribution is 2.50. The lowest BCUT2D eigenvalue weighted by molar-refractivity contribution is -0.132. The molecule has 23 heavy (non-hydrogen) atoms. The molecule has 0 N–H and O–H groups in total. The number of benzene rings is 1. The molecule has 0 aromatic heterocycles. The van der Waals surface area contributed by atoms with Crippen molar-refractivity contribution < 1.29 is 4.79 Å². The van der Waals surface area contributed by atoms with E-state index in [1.165, 1.54) is 5.56 Å². The number of carbonyl (C=O) groups is 1. The molecule has 2 aliphatic heterocycles. The van der Waals surface area contributed by atoms with Crippen LogP contribution in [-0.2, 0) is 11.3 Å². The van der Waals surface area contributed by atoms with Gasteiger partial charge in [-0.15, -0.1) is 0 Å². The summed E-state index contributed by atoms with van der Waals surface area (Å²) in [7, 11) is 0. The Bertz CT molecular complexity index is 641. The second-order valence-electron chi connectivity index (χ2n) is 7.22. The molecule has 3 atom stereocenters. The van der Waals surface area contributed by atoms with Crippen LogP contribution in [0.15, 0.2) is 35.3 Å². The van der Waals surface area contributed by atoms with Crippen molar-refractivity contribution in [2.45, 2.75) is 38.8 Å². The van der Waals surface area contributed by atoms with E-state index in [2.05, 4.69) is 35.2 Å². The highest BCUT2D eigenvalue weighted by atomic mass is 16.2. The first-order valence-electron chi connectivity index (χ1n) is 8.79. The third-order valence-electron chi connectivity index (χ3n) is 5.96. The van der Waals surface area contributed by atoms with Gasteiger partial charge in [0.15, 0.2) is 0 Å². The molecule has 4 nitrogen and oxygen atoms in total. The van der Waals surface area contributed by atoms with Gasteiger partial charge in [0, 0.05) is 32.1 Å². The zero-order valence-corrected chi connectivity index (χ0v) is 14.0. The van der Waals surface area contributed by atoms with Crippen molar-refractivity contribution in [3.8, 4) is 0 Å². The molecule has 1 saturated heterocycles.